The van der Waals surface area contributed by atoms with Crippen molar-refractivity contribution in [2.24, 2.45) is 0 Å². The smallest absolute Gasteiger partial charge is 0.368 e. The van der Waals surface area contributed by atoms with E-state index in [1.807, 2.05) is 59.5 Å². The predicted molar refractivity (Wildman–Crippen MR) is 124 cm³/mol. The lowest BCUT2D eigenvalue weighted by Gasteiger charge is -2.40. The molecular formula is C25H23ClF3N3O. The first-order valence-electron chi connectivity index (χ1n) is 10.6. The standard InChI is InChI=1S/C25H23ClF3N3O/c26-21-11-4-5-12-22(21)31-13-15-32(16-14-31)23(18-7-2-1-3-8-18)24(33)30-20-10-6-9-19(17-20)25(27,28)29/h1-12,17,23H,13-16H2,(H,30,33)/t23-/m1/s1. The van der Waals surface area contributed by atoms with E-state index in [-0.39, 0.29) is 11.6 Å². The van der Waals surface area contributed by atoms with Crippen LogP contribution < -0.4 is 10.2 Å². The van der Waals surface area contributed by atoms with Crippen LogP contribution in [0.25, 0.3) is 0 Å². The fourth-order valence-electron chi connectivity index (χ4n) is 4.08. The van der Waals surface area contributed by atoms with E-state index in [0.717, 1.165) is 23.4 Å². The van der Waals surface area contributed by atoms with Gasteiger partial charge in [-0.3, -0.25) is 9.69 Å². The lowest BCUT2D eigenvalue weighted by atomic mass is 10.0. The quantitative estimate of drug-likeness (QED) is 0.504. The van der Waals surface area contributed by atoms with Crippen molar-refractivity contribution in [1.29, 1.82) is 0 Å². The van der Waals surface area contributed by atoms with Gasteiger partial charge in [-0.05, 0) is 35.9 Å². The van der Waals surface area contributed by atoms with Gasteiger partial charge in [-0.2, -0.15) is 13.2 Å². The van der Waals surface area contributed by atoms with Gasteiger partial charge in [0.25, 0.3) is 0 Å². The summed E-state index contributed by atoms with van der Waals surface area (Å²) in [7, 11) is 0. The zero-order chi connectivity index (χ0) is 23.4. The van der Waals surface area contributed by atoms with Gasteiger partial charge in [-0.15, -0.1) is 0 Å². The fourth-order valence-corrected chi connectivity index (χ4v) is 4.33. The molecule has 1 saturated heterocycles. The highest BCUT2D eigenvalue weighted by Crippen LogP contribution is 2.32. The molecule has 3 aromatic carbocycles. The van der Waals surface area contributed by atoms with Gasteiger partial charge in [0.15, 0.2) is 0 Å². The number of hydrogen-bond donors (Lipinski definition) is 1. The number of carbonyl (C=O) groups excluding carboxylic acids is 1. The first-order chi connectivity index (χ1) is 15.8. The zero-order valence-corrected chi connectivity index (χ0v) is 18.5. The molecule has 1 atom stereocenters. The van der Waals surface area contributed by atoms with Gasteiger partial charge in [0, 0.05) is 31.9 Å². The van der Waals surface area contributed by atoms with Crippen molar-refractivity contribution in [2.75, 3.05) is 36.4 Å². The number of amides is 1. The maximum Gasteiger partial charge on any atom is 0.416 e. The van der Waals surface area contributed by atoms with Crippen LogP contribution in [0.15, 0.2) is 78.9 Å². The minimum absolute atomic E-state index is 0.116. The lowest BCUT2D eigenvalue weighted by molar-refractivity contribution is -0.137. The number of anilines is 2. The largest absolute Gasteiger partial charge is 0.416 e. The second-order valence-electron chi connectivity index (χ2n) is 7.86. The number of para-hydroxylation sites is 1. The average molecular weight is 474 g/mol. The van der Waals surface area contributed by atoms with Gasteiger partial charge in [0.05, 0.1) is 16.3 Å². The molecule has 1 fully saturated rings. The van der Waals surface area contributed by atoms with Crippen molar-refractivity contribution in [1.82, 2.24) is 4.90 Å². The third-order valence-electron chi connectivity index (χ3n) is 5.69. The first-order valence-corrected chi connectivity index (χ1v) is 11.0. The molecular weight excluding hydrogens is 451 g/mol. The fraction of sp³-hybridized carbons (Fsp3) is 0.240. The normalized spacial score (nSPS) is 15.8. The van der Waals surface area contributed by atoms with Crippen molar-refractivity contribution in [3.05, 3.63) is 95.0 Å². The summed E-state index contributed by atoms with van der Waals surface area (Å²) in [4.78, 5) is 17.5. The number of halogens is 4. The molecule has 0 aromatic heterocycles. The summed E-state index contributed by atoms with van der Waals surface area (Å²) in [5, 5.41) is 3.36. The van der Waals surface area contributed by atoms with E-state index in [0.29, 0.717) is 31.2 Å². The summed E-state index contributed by atoms with van der Waals surface area (Å²) in [6.07, 6.45) is -4.48. The van der Waals surface area contributed by atoms with Crippen LogP contribution in [0.5, 0.6) is 0 Å². The molecule has 1 heterocycles. The Balaban J connectivity index is 1.53. The number of nitrogens with zero attached hydrogens (tertiary/aromatic N) is 2. The van der Waals surface area contributed by atoms with Gasteiger partial charge in [-0.1, -0.05) is 60.1 Å². The molecule has 4 rings (SSSR count). The monoisotopic (exact) mass is 473 g/mol. The Hall–Kier alpha value is -3.03. The number of piperazine rings is 1. The Morgan fingerprint density at radius 1 is 0.879 bits per heavy atom. The van der Waals surface area contributed by atoms with E-state index >= 15 is 0 Å². The number of rotatable bonds is 5. The molecule has 1 N–H and O–H groups in total. The van der Waals surface area contributed by atoms with Crippen molar-refractivity contribution in [3.63, 3.8) is 0 Å². The second-order valence-corrected chi connectivity index (χ2v) is 8.26. The molecule has 3 aromatic rings. The first kappa shape index (κ1) is 23.1. The molecule has 4 nitrogen and oxygen atoms in total. The number of benzene rings is 3. The van der Waals surface area contributed by atoms with Crippen LogP contribution in [0.1, 0.15) is 17.2 Å². The van der Waals surface area contributed by atoms with Crippen LogP contribution in [-0.4, -0.2) is 37.0 Å². The predicted octanol–water partition coefficient (Wildman–Crippen LogP) is 5.86. The molecule has 0 saturated carbocycles. The Kier molecular flexibility index (Phi) is 6.91. The molecule has 8 heteroatoms. The highest BCUT2D eigenvalue weighted by Gasteiger charge is 2.33. The van der Waals surface area contributed by atoms with Crippen molar-refractivity contribution >= 4 is 28.9 Å². The van der Waals surface area contributed by atoms with Crippen LogP contribution >= 0.6 is 11.6 Å². The summed E-state index contributed by atoms with van der Waals surface area (Å²) in [6.45, 7) is 2.54. The van der Waals surface area contributed by atoms with Crippen LogP contribution in [0, 0.1) is 0 Å². The summed E-state index contributed by atoms with van der Waals surface area (Å²) >= 11 is 6.34. The van der Waals surface area contributed by atoms with Crippen LogP contribution in [-0.2, 0) is 11.0 Å². The highest BCUT2D eigenvalue weighted by molar-refractivity contribution is 6.33. The molecule has 1 aliphatic rings. The van der Waals surface area contributed by atoms with Gasteiger partial charge in [-0.25, -0.2) is 0 Å². The highest BCUT2D eigenvalue weighted by atomic mass is 35.5. The van der Waals surface area contributed by atoms with Crippen LogP contribution in [0.4, 0.5) is 24.5 Å². The molecule has 1 aliphatic heterocycles. The Bertz CT molecular complexity index is 1100. The van der Waals surface area contributed by atoms with E-state index in [9.17, 15) is 18.0 Å². The van der Waals surface area contributed by atoms with Gasteiger partial charge < -0.3 is 10.2 Å². The van der Waals surface area contributed by atoms with Crippen molar-refractivity contribution in [3.8, 4) is 0 Å². The molecule has 0 radical (unpaired) electrons. The molecule has 0 bridgehead atoms. The van der Waals surface area contributed by atoms with E-state index in [4.69, 9.17) is 11.6 Å². The van der Waals surface area contributed by atoms with Crippen LogP contribution in [0.3, 0.4) is 0 Å². The molecule has 1 amide bonds. The molecule has 172 valence electrons. The maximum atomic E-state index is 13.3. The molecule has 0 spiro atoms. The maximum absolute atomic E-state index is 13.3. The third kappa shape index (κ3) is 5.49. The minimum atomic E-state index is -4.48. The Morgan fingerprint density at radius 2 is 1.55 bits per heavy atom. The summed E-state index contributed by atoms with van der Waals surface area (Å²) in [5.41, 5.74) is 1.05. The summed E-state index contributed by atoms with van der Waals surface area (Å²) < 4.78 is 39.3. The number of carbonyl (C=O) groups is 1. The SMILES string of the molecule is O=C(Nc1cccc(C(F)(F)F)c1)[C@@H](c1ccccc1)N1CCN(c2ccccc2Cl)CC1. The molecule has 0 aliphatic carbocycles. The zero-order valence-electron chi connectivity index (χ0n) is 17.7. The lowest BCUT2D eigenvalue weighted by Crippen LogP contribution is -2.50. The Labute approximate surface area is 195 Å². The van der Waals surface area contributed by atoms with E-state index in [2.05, 4.69) is 10.2 Å². The topological polar surface area (TPSA) is 35.6 Å². The van der Waals surface area contributed by atoms with Gasteiger partial charge >= 0.3 is 6.18 Å². The van der Waals surface area contributed by atoms with Crippen LogP contribution in [0.2, 0.25) is 5.02 Å². The summed E-state index contributed by atoms with van der Waals surface area (Å²) in [6, 6.07) is 21.0. The van der Waals surface area contributed by atoms with E-state index in [1.165, 1.54) is 12.1 Å². The van der Waals surface area contributed by atoms with Gasteiger partial charge in [0.2, 0.25) is 5.91 Å². The third-order valence-corrected chi connectivity index (χ3v) is 6.01. The number of hydrogen-bond acceptors (Lipinski definition) is 3. The Morgan fingerprint density at radius 3 is 2.21 bits per heavy atom. The van der Waals surface area contributed by atoms with E-state index in [1.54, 1.807) is 0 Å². The van der Waals surface area contributed by atoms with Crippen molar-refractivity contribution < 1.29 is 18.0 Å². The summed E-state index contributed by atoms with van der Waals surface area (Å²) in [5.74, 6) is -0.369. The second kappa shape index (κ2) is 9.85. The molecule has 0 unspecified atom stereocenters. The average Bonchev–Trinajstić information content (AvgIpc) is 2.80. The van der Waals surface area contributed by atoms with Gasteiger partial charge in [0.1, 0.15) is 6.04 Å². The molecule has 33 heavy (non-hydrogen) atoms. The van der Waals surface area contributed by atoms with E-state index < -0.39 is 17.8 Å². The number of nitrogens with one attached hydrogen (secondary N) is 1. The van der Waals surface area contributed by atoms with Crippen molar-refractivity contribution in [2.45, 2.75) is 12.2 Å². The number of alkyl halides is 3. The minimum Gasteiger partial charge on any atom is -0.368 e.